The summed E-state index contributed by atoms with van der Waals surface area (Å²) in [6.07, 6.45) is -0.265. The molecule has 1 amide bonds. The molecule has 2 aromatic rings. The van der Waals surface area contributed by atoms with E-state index in [1.165, 1.54) is 0 Å². The average molecular weight is 340 g/mol. The van der Waals surface area contributed by atoms with E-state index in [-0.39, 0.29) is 12.1 Å². The number of nitrogens with zero attached hydrogens (tertiary/aromatic N) is 1. The Bertz CT molecular complexity index is 649. The highest BCUT2D eigenvalue weighted by Gasteiger charge is 2.24. The minimum Gasteiger partial charge on any atom is -0.445 e. The summed E-state index contributed by atoms with van der Waals surface area (Å²) >= 11 is 0. The summed E-state index contributed by atoms with van der Waals surface area (Å²) in [5, 5.41) is 3.39. The van der Waals surface area contributed by atoms with Gasteiger partial charge in [-0.15, -0.1) is 0 Å². The quantitative estimate of drug-likeness (QED) is 0.878. The SMILES string of the molecule is O=C(OCc1ccccc1)N1CCN[C@H](COCc2ccccc2)C1. The Morgan fingerprint density at radius 2 is 1.64 bits per heavy atom. The zero-order valence-electron chi connectivity index (χ0n) is 14.3. The van der Waals surface area contributed by atoms with Crippen LogP contribution < -0.4 is 5.32 Å². The first kappa shape index (κ1) is 17.5. The summed E-state index contributed by atoms with van der Waals surface area (Å²) in [6.45, 7) is 3.46. The van der Waals surface area contributed by atoms with Crippen molar-refractivity contribution in [2.24, 2.45) is 0 Å². The van der Waals surface area contributed by atoms with Crippen LogP contribution in [0.3, 0.4) is 0 Å². The second kappa shape index (κ2) is 9.20. The first-order chi connectivity index (χ1) is 12.3. The topological polar surface area (TPSA) is 50.8 Å². The third-order valence-electron chi connectivity index (χ3n) is 4.15. The molecule has 1 fully saturated rings. The summed E-state index contributed by atoms with van der Waals surface area (Å²) in [6, 6.07) is 19.9. The molecule has 0 unspecified atom stereocenters. The van der Waals surface area contributed by atoms with Crippen molar-refractivity contribution < 1.29 is 14.3 Å². The molecule has 5 heteroatoms. The van der Waals surface area contributed by atoms with Gasteiger partial charge in [-0.05, 0) is 11.1 Å². The Kier molecular flexibility index (Phi) is 6.42. The van der Waals surface area contributed by atoms with Crippen LogP contribution in [0.2, 0.25) is 0 Å². The number of nitrogens with one attached hydrogen (secondary N) is 1. The predicted octanol–water partition coefficient (Wildman–Crippen LogP) is 2.81. The Hall–Kier alpha value is -2.37. The summed E-state index contributed by atoms with van der Waals surface area (Å²) < 4.78 is 11.2. The number of rotatable bonds is 6. The molecule has 1 saturated heterocycles. The molecule has 5 nitrogen and oxygen atoms in total. The molecule has 0 aliphatic carbocycles. The number of amides is 1. The van der Waals surface area contributed by atoms with E-state index in [1.807, 2.05) is 60.7 Å². The summed E-state index contributed by atoms with van der Waals surface area (Å²) in [5.74, 6) is 0. The van der Waals surface area contributed by atoms with Crippen LogP contribution in [0.1, 0.15) is 11.1 Å². The predicted molar refractivity (Wildman–Crippen MR) is 96.1 cm³/mol. The minimum absolute atomic E-state index is 0.127. The van der Waals surface area contributed by atoms with Gasteiger partial charge in [-0.2, -0.15) is 0 Å². The van der Waals surface area contributed by atoms with Crippen molar-refractivity contribution in [1.29, 1.82) is 0 Å². The van der Waals surface area contributed by atoms with Crippen molar-refractivity contribution in [3.05, 3.63) is 71.8 Å². The van der Waals surface area contributed by atoms with Crippen molar-refractivity contribution in [2.45, 2.75) is 19.3 Å². The van der Waals surface area contributed by atoms with Crippen LogP contribution >= 0.6 is 0 Å². The number of ether oxygens (including phenoxy) is 2. The second-order valence-electron chi connectivity index (χ2n) is 6.14. The molecule has 2 aromatic carbocycles. The van der Waals surface area contributed by atoms with Crippen LogP contribution in [0.25, 0.3) is 0 Å². The molecule has 1 heterocycles. The average Bonchev–Trinajstić information content (AvgIpc) is 2.68. The molecule has 3 rings (SSSR count). The van der Waals surface area contributed by atoms with Crippen LogP contribution in [0.4, 0.5) is 4.79 Å². The van der Waals surface area contributed by atoms with Gasteiger partial charge in [0, 0.05) is 25.7 Å². The van der Waals surface area contributed by atoms with Crippen molar-refractivity contribution in [1.82, 2.24) is 10.2 Å². The zero-order chi connectivity index (χ0) is 17.3. The Labute approximate surface area is 148 Å². The molecule has 1 N–H and O–H groups in total. The third kappa shape index (κ3) is 5.59. The number of carbonyl (C=O) groups excluding carboxylic acids is 1. The first-order valence-corrected chi connectivity index (χ1v) is 8.62. The number of carbonyl (C=O) groups is 1. The Morgan fingerprint density at radius 1 is 1.00 bits per heavy atom. The lowest BCUT2D eigenvalue weighted by molar-refractivity contribution is 0.0560. The monoisotopic (exact) mass is 340 g/mol. The number of hydrogen-bond acceptors (Lipinski definition) is 4. The van der Waals surface area contributed by atoms with Gasteiger partial charge in [-0.3, -0.25) is 0 Å². The molecular weight excluding hydrogens is 316 g/mol. The van der Waals surface area contributed by atoms with Crippen molar-refractivity contribution in [2.75, 3.05) is 26.2 Å². The van der Waals surface area contributed by atoms with E-state index in [0.717, 1.165) is 17.7 Å². The van der Waals surface area contributed by atoms with Crippen LogP contribution in [0.5, 0.6) is 0 Å². The van der Waals surface area contributed by atoms with Gasteiger partial charge in [-0.1, -0.05) is 60.7 Å². The minimum atomic E-state index is -0.265. The van der Waals surface area contributed by atoms with E-state index in [4.69, 9.17) is 9.47 Å². The van der Waals surface area contributed by atoms with Crippen molar-refractivity contribution in [3.8, 4) is 0 Å². The number of hydrogen-bond donors (Lipinski definition) is 1. The lowest BCUT2D eigenvalue weighted by Gasteiger charge is -2.32. The standard InChI is InChI=1S/C20H24N2O3/c23-20(25-15-18-9-5-2-6-10-18)22-12-11-21-19(13-22)16-24-14-17-7-3-1-4-8-17/h1-10,19,21H,11-16H2/t19-/m0/s1. The molecule has 1 aliphatic rings. The van der Waals surface area contributed by atoms with Crippen LogP contribution in [0.15, 0.2) is 60.7 Å². The first-order valence-electron chi connectivity index (χ1n) is 8.62. The van der Waals surface area contributed by atoms with Gasteiger partial charge in [0.25, 0.3) is 0 Å². The van der Waals surface area contributed by atoms with E-state index in [0.29, 0.717) is 32.9 Å². The summed E-state index contributed by atoms with van der Waals surface area (Å²) in [7, 11) is 0. The van der Waals surface area contributed by atoms with Gasteiger partial charge < -0.3 is 19.7 Å². The third-order valence-corrected chi connectivity index (χ3v) is 4.15. The van der Waals surface area contributed by atoms with E-state index >= 15 is 0 Å². The maximum atomic E-state index is 12.2. The van der Waals surface area contributed by atoms with Gasteiger partial charge in [0.05, 0.1) is 13.2 Å². The fraction of sp³-hybridized carbons (Fsp3) is 0.350. The highest BCUT2D eigenvalue weighted by Crippen LogP contribution is 2.07. The Morgan fingerprint density at radius 3 is 2.32 bits per heavy atom. The van der Waals surface area contributed by atoms with Gasteiger partial charge in [0.1, 0.15) is 6.61 Å². The van der Waals surface area contributed by atoms with Crippen LogP contribution in [-0.4, -0.2) is 43.3 Å². The van der Waals surface area contributed by atoms with E-state index in [1.54, 1.807) is 4.90 Å². The molecular formula is C20H24N2O3. The van der Waals surface area contributed by atoms with E-state index < -0.39 is 0 Å². The van der Waals surface area contributed by atoms with E-state index in [9.17, 15) is 4.79 Å². The Balaban J connectivity index is 1.40. The van der Waals surface area contributed by atoms with Gasteiger partial charge >= 0.3 is 6.09 Å². The molecule has 0 radical (unpaired) electrons. The fourth-order valence-electron chi connectivity index (χ4n) is 2.81. The summed E-state index contributed by atoms with van der Waals surface area (Å²) in [5.41, 5.74) is 2.14. The zero-order valence-corrected chi connectivity index (χ0v) is 14.3. The highest BCUT2D eigenvalue weighted by atomic mass is 16.6. The molecule has 0 bridgehead atoms. The highest BCUT2D eigenvalue weighted by molar-refractivity contribution is 5.67. The molecule has 132 valence electrons. The lowest BCUT2D eigenvalue weighted by atomic mass is 10.2. The smallest absolute Gasteiger partial charge is 0.410 e. The molecule has 25 heavy (non-hydrogen) atoms. The number of benzene rings is 2. The normalized spacial score (nSPS) is 17.3. The van der Waals surface area contributed by atoms with Crippen molar-refractivity contribution in [3.63, 3.8) is 0 Å². The lowest BCUT2D eigenvalue weighted by Crippen LogP contribution is -2.54. The molecule has 1 aliphatic heterocycles. The van der Waals surface area contributed by atoms with Gasteiger partial charge in [0.15, 0.2) is 0 Å². The van der Waals surface area contributed by atoms with E-state index in [2.05, 4.69) is 5.32 Å². The molecule has 0 spiro atoms. The maximum Gasteiger partial charge on any atom is 0.410 e. The molecule has 0 aromatic heterocycles. The number of piperazine rings is 1. The largest absolute Gasteiger partial charge is 0.445 e. The fourth-order valence-corrected chi connectivity index (χ4v) is 2.81. The molecule has 0 saturated carbocycles. The molecule has 1 atom stereocenters. The van der Waals surface area contributed by atoms with Gasteiger partial charge in [0.2, 0.25) is 0 Å². The second-order valence-corrected chi connectivity index (χ2v) is 6.14. The van der Waals surface area contributed by atoms with Crippen LogP contribution in [-0.2, 0) is 22.7 Å². The maximum absolute atomic E-state index is 12.2. The van der Waals surface area contributed by atoms with Crippen molar-refractivity contribution >= 4 is 6.09 Å². The van der Waals surface area contributed by atoms with Gasteiger partial charge in [-0.25, -0.2) is 4.79 Å². The summed E-state index contributed by atoms with van der Waals surface area (Å²) in [4.78, 5) is 14.0. The van der Waals surface area contributed by atoms with Crippen LogP contribution in [0, 0.1) is 0 Å².